The average Bonchev–Trinajstić information content (AvgIpc) is 2.46. The summed E-state index contributed by atoms with van der Waals surface area (Å²) in [6.45, 7) is 11.8. The first-order chi connectivity index (χ1) is 10.7. The first kappa shape index (κ1) is 19.8. The number of carbonyl (C=O) groups excluding carboxylic acids is 3. The molecule has 0 spiro atoms. The predicted octanol–water partition coefficient (Wildman–Crippen LogP) is 4.54. The first-order valence-corrected chi connectivity index (χ1v) is 8.93. The molecule has 0 aromatic rings. The summed E-state index contributed by atoms with van der Waals surface area (Å²) in [5.41, 5.74) is 0.997. The lowest BCUT2D eigenvalue weighted by Gasteiger charge is -2.21. The van der Waals surface area contributed by atoms with Crippen LogP contribution in [-0.4, -0.2) is 17.3 Å². The van der Waals surface area contributed by atoms with Gasteiger partial charge in [-0.3, -0.25) is 14.4 Å². The van der Waals surface area contributed by atoms with Crippen LogP contribution in [-0.2, 0) is 14.4 Å². The highest BCUT2D eigenvalue weighted by Gasteiger charge is 2.24. The number of hydrogen-bond acceptors (Lipinski definition) is 3. The third-order valence-corrected chi connectivity index (χ3v) is 5.19. The Bertz CT molecular complexity index is 464. The lowest BCUT2D eigenvalue weighted by Crippen LogP contribution is -2.22. The van der Waals surface area contributed by atoms with Gasteiger partial charge in [0.05, 0.1) is 0 Å². The minimum absolute atomic E-state index is 0.0233. The minimum atomic E-state index is -0.210. The molecule has 0 N–H and O–H groups in total. The number of carbonyl (C=O) groups is 3. The predicted molar refractivity (Wildman–Crippen MR) is 93.1 cm³/mol. The van der Waals surface area contributed by atoms with Crippen LogP contribution in [0.3, 0.4) is 0 Å². The summed E-state index contributed by atoms with van der Waals surface area (Å²) >= 11 is 0. The molecule has 1 fully saturated rings. The van der Waals surface area contributed by atoms with E-state index in [1.165, 1.54) is 0 Å². The van der Waals surface area contributed by atoms with Gasteiger partial charge in [0.1, 0.15) is 17.3 Å². The Morgan fingerprint density at radius 3 is 2.13 bits per heavy atom. The van der Waals surface area contributed by atoms with Crippen molar-refractivity contribution >= 4 is 17.3 Å². The Morgan fingerprint density at radius 1 is 0.870 bits per heavy atom. The lowest BCUT2D eigenvalue weighted by atomic mass is 9.82. The van der Waals surface area contributed by atoms with Crippen LogP contribution in [0.25, 0.3) is 0 Å². The molecule has 1 aliphatic carbocycles. The van der Waals surface area contributed by atoms with Crippen LogP contribution in [0.5, 0.6) is 0 Å². The van der Waals surface area contributed by atoms with Crippen molar-refractivity contribution in [1.82, 2.24) is 0 Å². The van der Waals surface area contributed by atoms with Crippen molar-refractivity contribution < 1.29 is 14.4 Å². The monoisotopic (exact) mass is 320 g/mol. The van der Waals surface area contributed by atoms with Gasteiger partial charge in [-0.15, -0.1) is 0 Å². The Balaban J connectivity index is 2.86. The molecule has 0 radical (unpaired) electrons. The van der Waals surface area contributed by atoms with Crippen LogP contribution in [0, 0.1) is 23.7 Å². The quantitative estimate of drug-likeness (QED) is 0.667. The van der Waals surface area contributed by atoms with E-state index in [1.54, 1.807) is 0 Å². The summed E-state index contributed by atoms with van der Waals surface area (Å²) in [5.74, 6) is 0.720. The summed E-state index contributed by atoms with van der Waals surface area (Å²) in [5, 5.41) is 0. The normalized spacial score (nSPS) is 32.4. The number of allylic oxidation sites excluding steroid dienone is 1. The topological polar surface area (TPSA) is 51.2 Å². The smallest absolute Gasteiger partial charge is 0.136 e. The van der Waals surface area contributed by atoms with Gasteiger partial charge in [0.25, 0.3) is 0 Å². The van der Waals surface area contributed by atoms with Gasteiger partial charge in [0.15, 0.2) is 0 Å². The highest BCUT2D eigenvalue weighted by Crippen LogP contribution is 2.27. The highest BCUT2D eigenvalue weighted by molar-refractivity contribution is 5.88. The van der Waals surface area contributed by atoms with Crippen molar-refractivity contribution in [3.63, 3.8) is 0 Å². The van der Waals surface area contributed by atoms with Gasteiger partial charge in [-0.2, -0.15) is 0 Å². The standard InChI is InChI=1S/C20H32O3/c1-13(2)17-8-7-15(4)19(22)9-6-14(3)10-18(21)11-16(5)20(23)12-17/h14-17H,1,6-12H2,2-5H3/t14-,15-,16-,17?/m1/s1. The van der Waals surface area contributed by atoms with E-state index in [0.717, 1.165) is 24.8 Å². The number of ketones is 3. The third kappa shape index (κ3) is 6.80. The summed E-state index contributed by atoms with van der Waals surface area (Å²) in [7, 11) is 0. The Kier molecular flexibility index (Phi) is 7.87. The van der Waals surface area contributed by atoms with E-state index in [4.69, 9.17) is 0 Å². The molecule has 0 bridgehead atoms. The van der Waals surface area contributed by atoms with Gasteiger partial charge < -0.3 is 0 Å². The zero-order valence-corrected chi connectivity index (χ0v) is 15.2. The molecule has 0 heterocycles. The van der Waals surface area contributed by atoms with Crippen LogP contribution < -0.4 is 0 Å². The van der Waals surface area contributed by atoms with E-state index < -0.39 is 0 Å². The average molecular weight is 320 g/mol. The molecule has 0 aromatic carbocycles. The fraction of sp³-hybridized carbons (Fsp3) is 0.750. The van der Waals surface area contributed by atoms with Gasteiger partial charge in [-0.05, 0) is 38.0 Å². The molecule has 1 rings (SSSR count). The maximum absolute atomic E-state index is 12.4. The number of rotatable bonds is 1. The van der Waals surface area contributed by atoms with Gasteiger partial charge in [-0.1, -0.05) is 32.9 Å². The van der Waals surface area contributed by atoms with Crippen molar-refractivity contribution in [1.29, 1.82) is 0 Å². The molecule has 0 aliphatic heterocycles. The molecule has 0 amide bonds. The Hall–Kier alpha value is -1.25. The largest absolute Gasteiger partial charge is 0.300 e. The van der Waals surface area contributed by atoms with Crippen molar-refractivity contribution in [3.8, 4) is 0 Å². The van der Waals surface area contributed by atoms with Gasteiger partial charge in [-0.25, -0.2) is 0 Å². The van der Waals surface area contributed by atoms with Gasteiger partial charge >= 0.3 is 0 Å². The molecule has 0 saturated heterocycles. The summed E-state index contributed by atoms with van der Waals surface area (Å²) < 4.78 is 0. The molecular weight excluding hydrogens is 288 g/mol. The molecular formula is C20H32O3. The molecule has 0 aromatic heterocycles. The molecule has 3 heteroatoms. The van der Waals surface area contributed by atoms with Crippen molar-refractivity contribution in [2.75, 3.05) is 0 Å². The Labute approximate surface area is 140 Å². The SMILES string of the molecule is C=C(C)C1CC[C@@H](C)C(=O)CC[C@@H](C)CC(=O)C[C@@H](C)C(=O)C1. The lowest BCUT2D eigenvalue weighted by molar-refractivity contribution is -0.128. The first-order valence-electron chi connectivity index (χ1n) is 8.93. The highest BCUT2D eigenvalue weighted by atomic mass is 16.1. The maximum atomic E-state index is 12.4. The van der Waals surface area contributed by atoms with Crippen LogP contribution >= 0.6 is 0 Å². The van der Waals surface area contributed by atoms with E-state index in [1.807, 2.05) is 27.7 Å². The summed E-state index contributed by atoms with van der Waals surface area (Å²) in [4.78, 5) is 36.8. The van der Waals surface area contributed by atoms with E-state index in [-0.39, 0.29) is 41.0 Å². The second kappa shape index (κ2) is 9.14. The number of hydrogen-bond donors (Lipinski definition) is 0. The fourth-order valence-electron chi connectivity index (χ4n) is 3.24. The van der Waals surface area contributed by atoms with Crippen LogP contribution in [0.2, 0.25) is 0 Å². The van der Waals surface area contributed by atoms with E-state index in [9.17, 15) is 14.4 Å². The molecule has 3 nitrogen and oxygen atoms in total. The van der Waals surface area contributed by atoms with Gasteiger partial charge in [0, 0.05) is 37.5 Å². The second-order valence-corrected chi connectivity index (χ2v) is 7.65. The van der Waals surface area contributed by atoms with Crippen LogP contribution in [0.15, 0.2) is 12.2 Å². The van der Waals surface area contributed by atoms with Crippen LogP contribution in [0.4, 0.5) is 0 Å². The van der Waals surface area contributed by atoms with Crippen molar-refractivity contribution in [3.05, 3.63) is 12.2 Å². The van der Waals surface area contributed by atoms with Crippen molar-refractivity contribution in [2.45, 2.75) is 72.6 Å². The van der Waals surface area contributed by atoms with Gasteiger partial charge in [0.2, 0.25) is 0 Å². The Morgan fingerprint density at radius 2 is 1.52 bits per heavy atom. The minimum Gasteiger partial charge on any atom is -0.300 e. The van der Waals surface area contributed by atoms with Crippen LogP contribution in [0.1, 0.15) is 72.6 Å². The van der Waals surface area contributed by atoms with E-state index in [0.29, 0.717) is 25.7 Å². The third-order valence-electron chi connectivity index (χ3n) is 5.19. The number of Topliss-reactive ketones (excluding diaryl/α,β-unsaturated/α-hetero) is 3. The molecule has 4 atom stereocenters. The molecule has 1 unspecified atom stereocenters. The van der Waals surface area contributed by atoms with Crippen molar-refractivity contribution in [2.24, 2.45) is 23.7 Å². The molecule has 130 valence electrons. The van der Waals surface area contributed by atoms with E-state index >= 15 is 0 Å². The fourth-order valence-corrected chi connectivity index (χ4v) is 3.24. The molecule has 1 saturated carbocycles. The summed E-state index contributed by atoms with van der Waals surface area (Å²) in [6, 6.07) is 0. The summed E-state index contributed by atoms with van der Waals surface area (Å²) in [6.07, 6.45) is 4.21. The zero-order valence-electron chi connectivity index (χ0n) is 15.2. The second-order valence-electron chi connectivity index (χ2n) is 7.65. The van der Waals surface area contributed by atoms with E-state index in [2.05, 4.69) is 6.58 Å². The maximum Gasteiger partial charge on any atom is 0.136 e. The molecule has 1 aliphatic rings. The zero-order chi connectivity index (χ0) is 17.6. The molecule has 23 heavy (non-hydrogen) atoms.